The average molecular weight is 603 g/mol. The van der Waals surface area contributed by atoms with Gasteiger partial charge in [0.1, 0.15) is 0 Å². The van der Waals surface area contributed by atoms with Gasteiger partial charge in [0, 0.05) is 44.4 Å². The van der Waals surface area contributed by atoms with Crippen LogP contribution >= 0.6 is 0 Å². The van der Waals surface area contributed by atoms with Crippen molar-refractivity contribution < 1.29 is 0 Å². The summed E-state index contributed by atoms with van der Waals surface area (Å²) < 4.78 is 2.43. The normalized spacial score (nSPS) is 13.1. The third-order valence-electron chi connectivity index (χ3n) is 9.98. The Morgan fingerprint density at radius 3 is 1.89 bits per heavy atom. The molecule has 1 heterocycles. The zero-order valence-corrected chi connectivity index (χ0v) is 26.6. The number of hydrogen-bond acceptors (Lipinski definition) is 1. The lowest BCUT2D eigenvalue weighted by Gasteiger charge is -2.30. The molecule has 0 amide bonds. The van der Waals surface area contributed by atoms with Crippen LogP contribution in [0.3, 0.4) is 0 Å². The molecule has 1 aromatic heterocycles. The van der Waals surface area contributed by atoms with E-state index in [-0.39, 0.29) is 5.41 Å². The van der Waals surface area contributed by atoms with E-state index in [2.05, 4.69) is 193 Å². The third kappa shape index (κ3) is 4.18. The van der Waals surface area contributed by atoms with Gasteiger partial charge in [-0.25, -0.2) is 0 Å². The molecule has 1 aliphatic carbocycles. The van der Waals surface area contributed by atoms with E-state index >= 15 is 0 Å². The number of fused-ring (bicyclic) bond motifs is 6. The summed E-state index contributed by atoms with van der Waals surface area (Å²) in [7, 11) is 0. The summed E-state index contributed by atoms with van der Waals surface area (Å²) in [5.74, 6) is 0. The van der Waals surface area contributed by atoms with Crippen LogP contribution in [-0.4, -0.2) is 4.57 Å². The minimum absolute atomic E-state index is 0.0912. The van der Waals surface area contributed by atoms with E-state index in [1.807, 2.05) is 0 Å². The summed E-state index contributed by atoms with van der Waals surface area (Å²) in [5, 5.41) is 2.51. The first-order valence-corrected chi connectivity index (χ1v) is 16.4. The van der Waals surface area contributed by atoms with Crippen molar-refractivity contribution in [2.75, 3.05) is 4.90 Å². The third-order valence-corrected chi connectivity index (χ3v) is 9.98. The number of para-hydroxylation sites is 5. The first kappa shape index (κ1) is 27.5. The van der Waals surface area contributed by atoms with Crippen molar-refractivity contribution in [1.82, 2.24) is 4.57 Å². The second-order valence-corrected chi connectivity index (χ2v) is 13.0. The molecule has 1 aliphatic rings. The minimum Gasteiger partial charge on any atom is -0.310 e. The van der Waals surface area contributed by atoms with Gasteiger partial charge >= 0.3 is 0 Å². The van der Waals surface area contributed by atoms with Crippen molar-refractivity contribution in [3.63, 3.8) is 0 Å². The molecule has 8 aromatic rings. The fraction of sp³-hybridized carbons (Fsp3) is 0.0667. The lowest BCUT2D eigenvalue weighted by molar-refractivity contribution is 0.660. The molecule has 2 nitrogen and oxygen atoms in total. The second-order valence-electron chi connectivity index (χ2n) is 13.0. The van der Waals surface area contributed by atoms with E-state index in [1.165, 1.54) is 55.2 Å². The maximum Gasteiger partial charge on any atom is 0.0620 e. The number of aromatic nitrogens is 1. The molecule has 0 aliphatic heterocycles. The average Bonchev–Trinajstić information content (AvgIpc) is 3.58. The van der Waals surface area contributed by atoms with Crippen molar-refractivity contribution in [3.05, 3.63) is 181 Å². The van der Waals surface area contributed by atoms with Crippen LogP contribution in [0, 0.1) is 0 Å². The van der Waals surface area contributed by atoms with Gasteiger partial charge in [-0.05, 0) is 70.8 Å². The standard InChI is InChI=1S/C45H34N2/c1-45(2)40-25-12-9-20-34(40)35-29-28-33(30-41(35)45)46(31-16-5-3-6-17-31)42-26-13-10-21-36(42)38-23-15-24-39-37-22-11-14-27-43(37)47(44(38)39)32-18-7-4-8-19-32/h3-30H,1-2H3. The van der Waals surface area contributed by atoms with E-state index in [1.54, 1.807) is 0 Å². The topological polar surface area (TPSA) is 8.17 Å². The molecule has 0 unspecified atom stereocenters. The molecular weight excluding hydrogens is 569 g/mol. The molecule has 9 rings (SSSR count). The highest BCUT2D eigenvalue weighted by Crippen LogP contribution is 2.51. The molecule has 7 aromatic carbocycles. The van der Waals surface area contributed by atoms with E-state index in [9.17, 15) is 0 Å². The summed E-state index contributed by atoms with van der Waals surface area (Å²) >= 11 is 0. The molecule has 0 atom stereocenters. The monoisotopic (exact) mass is 602 g/mol. The second kappa shape index (κ2) is 10.6. The van der Waals surface area contributed by atoms with Gasteiger partial charge < -0.3 is 9.47 Å². The predicted octanol–water partition coefficient (Wildman–Crippen LogP) is 12.2. The van der Waals surface area contributed by atoms with E-state index in [0.717, 1.165) is 22.7 Å². The molecular formula is C45H34N2. The number of benzene rings is 7. The van der Waals surface area contributed by atoms with Gasteiger partial charge in [-0.1, -0.05) is 135 Å². The van der Waals surface area contributed by atoms with E-state index < -0.39 is 0 Å². The Kier molecular flexibility index (Phi) is 6.20. The van der Waals surface area contributed by atoms with Crippen LogP contribution in [0.4, 0.5) is 17.1 Å². The molecule has 0 bridgehead atoms. The van der Waals surface area contributed by atoms with Gasteiger partial charge in [0.2, 0.25) is 0 Å². The Balaban J connectivity index is 1.31. The number of nitrogens with zero attached hydrogens (tertiary/aromatic N) is 2. The van der Waals surface area contributed by atoms with Gasteiger partial charge in [-0.2, -0.15) is 0 Å². The summed E-state index contributed by atoms with van der Waals surface area (Å²) in [6, 6.07) is 61.8. The minimum atomic E-state index is -0.0912. The van der Waals surface area contributed by atoms with Crippen molar-refractivity contribution in [2.24, 2.45) is 0 Å². The first-order valence-electron chi connectivity index (χ1n) is 16.4. The fourth-order valence-electron chi connectivity index (χ4n) is 7.81. The van der Waals surface area contributed by atoms with Crippen LogP contribution in [0.1, 0.15) is 25.0 Å². The summed E-state index contributed by atoms with van der Waals surface area (Å²) in [6.45, 7) is 4.71. The zero-order chi connectivity index (χ0) is 31.5. The highest BCUT2D eigenvalue weighted by atomic mass is 15.1. The highest BCUT2D eigenvalue weighted by Gasteiger charge is 2.36. The quantitative estimate of drug-likeness (QED) is 0.190. The van der Waals surface area contributed by atoms with E-state index in [0.29, 0.717) is 0 Å². The summed E-state index contributed by atoms with van der Waals surface area (Å²) in [4.78, 5) is 2.43. The Morgan fingerprint density at radius 1 is 0.447 bits per heavy atom. The van der Waals surface area contributed by atoms with Gasteiger partial charge in [0.25, 0.3) is 0 Å². The Hall–Kier alpha value is -5.86. The molecule has 0 N–H and O–H groups in total. The van der Waals surface area contributed by atoms with Gasteiger partial charge in [-0.15, -0.1) is 0 Å². The lowest BCUT2D eigenvalue weighted by atomic mass is 9.82. The van der Waals surface area contributed by atoms with Crippen LogP contribution in [-0.2, 0) is 5.41 Å². The molecule has 0 fully saturated rings. The Bertz CT molecular complexity index is 2430. The van der Waals surface area contributed by atoms with E-state index in [4.69, 9.17) is 0 Å². The first-order chi connectivity index (χ1) is 23.1. The van der Waals surface area contributed by atoms with Crippen LogP contribution in [0.5, 0.6) is 0 Å². The van der Waals surface area contributed by atoms with Crippen molar-refractivity contribution >= 4 is 38.9 Å². The number of anilines is 3. The van der Waals surface area contributed by atoms with Crippen LogP contribution in [0.2, 0.25) is 0 Å². The van der Waals surface area contributed by atoms with Crippen molar-refractivity contribution in [1.29, 1.82) is 0 Å². The molecule has 0 radical (unpaired) electrons. The largest absolute Gasteiger partial charge is 0.310 e. The summed E-state index contributed by atoms with van der Waals surface area (Å²) in [6.07, 6.45) is 0. The molecule has 2 heteroatoms. The zero-order valence-electron chi connectivity index (χ0n) is 26.6. The van der Waals surface area contributed by atoms with Gasteiger partial charge in [0.05, 0.1) is 16.7 Å². The Labute approximate surface area is 275 Å². The lowest BCUT2D eigenvalue weighted by Crippen LogP contribution is -2.16. The van der Waals surface area contributed by atoms with Gasteiger partial charge in [0.15, 0.2) is 0 Å². The number of hydrogen-bond donors (Lipinski definition) is 0. The number of rotatable bonds is 5. The smallest absolute Gasteiger partial charge is 0.0620 e. The van der Waals surface area contributed by atoms with Crippen LogP contribution < -0.4 is 4.90 Å². The predicted molar refractivity (Wildman–Crippen MR) is 198 cm³/mol. The van der Waals surface area contributed by atoms with Gasteiger partial charge in [-0.3, -0.25) is 0 Å². The van der Waals surface area contributed by atoms with Crippen LogP contribution in [0.15, 0.2) is 170 Å². The maximum absolute atomic E-state index is 2.43. The van der Waals surface area contributed by atoms with Crippen LogP contribution in [0.25, 0.3) is 49.7 Å². The molecule has 224 valence electrons. The SMILES string of the molecule is CC1(C)c2ccccc2-c2ccc(N(c3ccccc3)c3ccccc3-c3cccc4c5ccccc5n(-c5ccccc5)c34)cc21. The fourth-order valence-corrected chi connectivity index (χ4v) is 7.81. The molecule has 47 heavy (non-hydrogen) atoms. The molecule has 0 saturated heterocycles. The van der Waals surface area contributed by atoms with Crippen molar-refractivity contribution in [2.45, 2.75) is 19.3 Å². The molecule has 0 spiro atoms. The Morgan fingerprint density at radius 2 is 1.06 bits per heavy atom. The van der Waals surface area contributed by atoms with Crippen molar-refractivity contribution in [3.8, 4) is 27.9 Å². The highest BCUT2D eigenvalue weighted by molar-refractivity contribution is 6.14. The molecule has 0 saturated carbocycles. The maximum atomic E-state index is 2.43. The summed E-state index contributed by atoms with van der Waals surface area (Å²) in [5.41, 5.74) is 14.7.